The molecule has 1 heterocycles. The molecule has 0 bridgehead atoms. The van der Waals surface area contributed by atoms with Crippen LogP contribution in [0.15, 0.2) is 18.5 Å². The minimum Gasteiger partial charge on any atom is -0.619 e. The van der Waals surface area contributed by atoms with Crippen LogP contribution in [-0.2, 0) is 4.74 Å². The summed E-state index contributed by atoms with van der Waals surface area (Å²) in [6.07, 6.45) is 3.03. The zero-order chi connectivity index (χ0) is 13.7. The van der Waals surface area contributed by atoms with Crippen molar-refractivity contribution in [2.24, 2.45) is 0 Å². The van der Waals surface area contributed by atoms with Crippen LogP contribution in [0.1, 0.15) is 34.1 Å². The Morgan fingerprint density at radius 3 is 2.56 bits per heavy atom. The fourth-order valence-electron chi connectivity index (χ4n) is 1.56. The standard InChI is InChI=1S/C12H16N2O4/c1-4-5-13(2)11(15)9-6-10(12(16)18-3)8-14(17)7-9/h6-8H,4-5H2,1-3H3. The van der Waals surface area contributed by atoms with Gasteiger partial charge in [-0.3, -0.25) is 4.79 Å². The quantitative estimate of drug-likeness (QED) is 0.446. The molecule has 0 saturated heterocycles. The molecule has 0 fully saturated rings. The lowest BCUT2D eigenvalue weighted by atomic mass is 10.2. The molecule has 0 spiro atoms. The molecular weight excluding hydrogens is 236 g/mol. The number of aromatic nitrogens is 1. The van der Waals surface area contributed by atoms with E-state index in [1.807, 2.05) is 6.92 Å². The van der Waals surface area contributed by atoms with Gasteiger partial charge in [-0.05, 0) is 12.5 Å². The van der Waals surface area contributed by atoms with E-state index in [2.05, 4.69) is 4.74 Å². The van der Waals surface area contributed by atoms with Gasteiger partial charge in [0.1, 0.15) is 11.1 Å². The van der Waals surface area contributed by atoms with E-state index >= 15 is 0 Å². The Balaban J connectivity index is 3.06. The first kappa shape index (κ1) is 14.0. The number of nitrogens with zero attached hydrogens (tertiary/aromatic N) is 2. The highest BCUT2D eigenvalue weighted by molar-refractivity contribution is 5.96. The number of hydrogen-bond acceptors (Lipinski definition) is 4. The zero-order valence-electron chi connectivity index (χ0n) is 10.7. The molecule has 0 aliphatic rings. The lowest BCUT2D eigenvalue weighted by Gasteiger charge is -2.15. The highest BCUT2D eigenvalue weighted by Gasteiger charge is 2.18. The molecule has 0 atom stereocenters. The summed E-state index contributed by atoms with van der Waals surface area (Å²) in [5, 5.41) is 11.4. The zero-order valence-corrected chi connectivity index (χ0v) is 10.7. The lowest BCUT2D eigenvalue weighted by molar-refractivity contribution is -0.605. The fraction of sp³-hybridized carbons (Fsp3) is 0.417. The number of amides is 1. The third-order valence-electron chi connectivity index (χ3n) is 2.42. The molecule has 0 saturated carbocycles. The van der Waals surface area contributed by atoms with Gasteiger partial charge in [0, 0.05) is 13.6 Å². The Hall–Kier alpha value is -2.11. The normalized spacial score (nSPS) is 9.94. The first-order valence-corrected chi connectivity index (χ1v) is 5.57. The maximum absolute atomic E-state index is 12.0. The van der Waals surface area contributed by atoms with Crippen molar-refractivity contribution in [2.75, 3.05) is 20.7 Å². The van der Waals surface area contributed by atoms with Gasteiger partial charge in [-0.1, -0.05) is 6.92 Å². The SMILES string of the molecule is CCCN(C)C(=O)c1cc(C(=O)OC)c[n+]([O-])c1. The van der Waals surface area contributed by atoms with E-state index in [9.17, 15) is 14.8 Å². The average Bonchev–Trinajstić information content (AvgIpc) is 2.36. The van der Waals surface area contributed by atoms with E-state index in [1.165, 1.54) is 18.1 Å². The van der Waals surface area contributed by atoms with Gasteiger partial charge in [0.05, 0.1) is 7.11 Å². The molecule has 6 nitrogen and oxygen atoms in total. The highest BCUT2D eigenvalue weighted by Crippen LogP contribution is 2.06. The molecule has 1 aromatic rings. The average molecular weight is 252 g/mol. The van der Waals surface area contributed by atoms with Crippen LogP contribution in [0.4, 0.5) is 0 Å². The Morgan fingerprint density at radius 1 is 1.39 bits per heavy atom. The van der Waals surface area contributed by atoms with Crippen LogP contribution in [0.5, 0.6) is 0 Å². The summed E-state index contributed by atoms with van der Waals surface area (Å²) in [5.41, 5.74) is 0.229. The molecule has 0 aliphatic carbocycles. The van der Waals surface area contributed by atoms with Crippen LogP contribution in [0.2, 0.25) is 0 Å². The van der Waals surface area contributed by atoms with Crippen LogP contribution in [0, 0.1) is 5.21 Å². The van der Waals surface area contributed by atoms with Crippen molar-refractivity contribution in [3.63, 3.8) is 0 Å². The first-order chi connectivity index (χ1) is 8.49. The van der Waals surface area contributed by atoms with Crippen molar-refractivity contribution in [3.8, 4) is 0 Å². The second-order valence-electron chi connectivity index (χ2n) is 3.89. The summed E-state index contributed by atoms with van der Waals surface area (Å²) in [6.45, 7) is 2.53. The maximum atomic E-state index is 12.0. The molecule has 0 aliphatic heterocycles. The van der Waals surface area contributed by atoms with Gasteiger partial charge in [-0.2, -0.15) is 4.73 Å². The van der Waals surface area contributed by atoms with E-state index in [1.54, 1.807) is 7.05 Å². The number of methoxy groups -OCH3 is 1. The minimum atomic E-state index is -0.646. The molecule has 18 heavy (non-hydrogen) atoms. The molecular formula is C12H16N2O4. The molecule has 1 amide bonds. The maximum Gasteiger partial charge on any atom is 0.344 e. The number of ether oxygens (including phenoxy) is 1. The van der Waals surface area contributed by atoms with E-state index in [4.69, 9.17) is 0 Å². The van der Waals surface area contributed by atoms with Crippen LogP contribution >= 0.6 is 0 Å². The van der Waals surface area contributed by atoms with Crippen LogP contribution in [0.3, 0.4) is 0 Å². The molecule has 0 N–H and O–H groups in total. The first-order valence-electron chi connectivity index (χ1n) is 5.57. The summed E-state index contributed by atoms with van der Waals surface area (Å²) in [6, 6.07) is 1.36. The van der Waals surface area contributed by atoms with Crippen LogP contribution < -0.4 is 4.73 Å². The largest absolute Gasteiger partial charge is 0.619 e. The van der Waals surface area contributed by atoms with Gasteiger partial charge in [0.15, 0.2) is 12.4 Å². The number of hydrogen-bond donors (Lipinski definition) is 0. The summed E-state index contributed by atoms with van der Waals surface area (Å²) < 4.78 is 4.95. The Kier molecular flexibility index (Phi) is 4.65. The highest BCUT2D eigenvalue weighted by atomic mass is 16.5. The van der Waals surface area contributed by atoms with E-state index in [0.29, 0.717) is 11.3 Å². The van der Waals surface area contributed by atoms with Crippen molar-refractivity contribution < 1.29 is 19.1 Å². The lowest BCUT2D eigenvalue weighted by Crippen LogP contribution is -2.33. The Morgan fingerprint density at radius 2 is 2.00 bits per heavy atom. The van der Waals surface area contributed by atoms with Crippen molar-refractivity contribution in [1.82, 2.24) is 4.90 Å². The second-order valence-corrected chi connectivity index (χ2v) is 3.89. The number of carbonyl (C=O) groups is 2. The van der Waals surface area contributed by atoms with Crippen molar-refractivity contribution in [2.45, 2.75) is 13.3 Å². The Labute approximate surface area is 105 Å². The smallest absolute Gasteiger partial charge is 0.344 e. The predicted octanol–water partition coefficient (Wildman–Crippen LogP) is 0.589. The fourth-order valence-corrected chi connectivity index (χ4v) is 1.56. The monoisotopic (exact) mass is 252 g/mol. The number of rotatable bonds is 4. The molecule has 1 rings (SSSR count). The van der Waals surface area contributed by atoms with Gasteiger partial charge in [0.2, 0.25) is 0 Å². The van der Waals surface area contributed by atoms with Crippen LogP contribution in [-0.4, -0.2) is 37.5 Å². The predicted molar refractivity (Wildman–Crippen MR) is 64.0 cm³/mol. The number of esters is 1. The van der Waals surface area contributed by atoms with Gasteiger partial charge in [-0.25, -0.2) is 4.79 Å². The summed E-state index contributed by atoms with van der Waals surface area (Å²) in [4.78, 5) is 24.8. The second kappa shape index (κ2) is 6.00. The number of carbonyl (C=O) groups excluding carboxylic acids is 2. The van der Waals surface area contributed by atoms with E-state index < -0.39 is 5.97 Å². The number of pyridine rings is 1. The molecule has 0 aromatic carbocycles. The minimum absolute atomic E-state index is 0.0586. The van der Waals surface area contributed by atoms with E-state index in [-0.39, 0.29) is 17.0 Å². The molecule has 1 aromatic heterocycles. The van der Waals surface area contributed by atoms with Gasteiger partial charge < -0.3 is 14.8 Å². The van der Waals surface area contributed by atoms with Crippen molar-refractivity contribution in [3.05, 3.63) is 34.8 Å². The summed E-state index contributed by atoms with van der Waals surface area (Å²) >= 11 is 0. The molecule has 0 unspecified atom stereocenters. The summed E-state index contributed by atoms with van der Waals surface area (Å²) in [7, 11) is 2.86. The summed E-state index contributed by atoms with van der Waals surface area (Å²) in [5.74, 6) is -0.945. The van der Waals surface area contributed by atoms with Crippen molar-refractivity contribution in [1.29, 1.82) is 0 Å². The molecule has 0 radical (unpaired) electrons. The van der Waals surface area contributed by atoms with Gasteiger partial charge in [0.25, 0.3) is 5.91 Å². The van der Waals surface area contributed by atoms with Crippen molar-refractivity contribution >= 4 is 11.9 Å². The van der Waals surface area contributed by atoms with Gasteiger partial charge in [-0.15, -0.1) is 0 Å². The topological polar surface area (TPSA) is 73.5 Å². The molecule has 98 valence electrons. The third kappa shape index (κ3) is 3.19. The van der Waals surface area contributed by atoms with Crippen LogP contribution in [0.25, 0.3) is 0 Å². The van der Waals surface area contributed by atoms with E-state index in [0.717, 1.165) is 18.8 Å². The third-order valence-corrected chi connectivity index (χ3v) is 2.42. The Bertz CT molecular complexity index is 459. The van der Waals surface area contributed by atoms with Gasteiger partial charge >= 0.3 is 5.97 Å². The molecule has 6 heteroatoms.